The Balaban J connectivity index is 1.51. The molecule has 152 valence electrons. The number of halogens is 1. The maximum absolute atomic E-state index is 13.3. The van der Waals surface area contributed by atoms with Gasteiger partial charge in [0.1, 0.15) is 11.9 Å². The van der Waals surface area contributed by atoms with Gasteiger partial charge < -0.3 is 9.80 Å². The number of likely N-dealkylation sites (tertiary alicyclic amines) is 1. The fourth-order valence-electron chi connectivity index (χ4n) is 3.74. The van der Waals surface area contributed by atoms with Crippen molar-refractivity contribution in [1.82, 2.24) is 24.8 Å². The van der Waals surface area contributed by atoms with Gasteiger partial charge in [-0.05, 0) is 17.1 Å². The average molecular weight is 416 g/mol. The first-order chi connectivity index (χ1) is 14.1. The number of aromatic nitrogens is 5. The predicted molar refractivity (Wildman–Crippen MR) is 108 cm³/mol. The van der Waals surface area contributed by atoms with Crippen LogP contribution in [0.2, 0.25) is 5.02 Å². The third-order valence-electron chi connectivity index (χ3n) is 5.31. The van der Waals surface area contributed by atoms with E-state index in [-0.39, 0.29) is 5.91 Å². The van der Waals surface area contributed by atoms with Crippen LogP contribution in [0.3, 0.4) is 0 Å². The van der Waals surface area contributed by atoms with Gasteiger partial charge in [0.05, 0.1) is 43.3 Å². The molecule has 8 nitrogen and oxygen atoms in total. The smallest absolute Gasteiger partial charge is 0.333 e. The lowest BCUT2D eigenvalue weighted by molar-refractivity contribution is -0.886. The second-order valence-corrected chi connectivity index (χ2v) is 7.85. The van der Waals surface area contributed by atoms with Crippen LogP contribution in [0.15, 0.2) is 43.0 Å². The lowest BCUT2D eigenvalue weighted by Gasteiger charge is -2.23. The molecule has 1 aliphatic rings. The monoisotopic (exact) mass is 415 g/mol. The number of amides is 1. The van der Waals surface area contributed by atoms with Crippen molar-refractivity contribution < 1.29 is 14.4 Å². The summed E-state index contributed by atoms with van der Waals surface area (Å²) in [6.45, 7) is 4.33. The van der Waals surface area contributed by atoms with Crippen LogP contribution in [0.25, 0.3) is 5.82 Å². The molecule has 0 aromatic carbocycles. The van der Waals surface area contributed by atoms with Crippen LogP contribution in [0, 0.1) is 0 Å². The molecule has 0 bridgehead atoms. The number of hydrogen-bond donors (Lipinski definition) is 2. The number of nitrogens with zero attached hydrogens (tertiary/aromatic N) is 5. The first-order valence-electron chi connectivity index (χ1n) is 9.92. The van der Waals surface area contributed by atoms with Crippen molar-refractivity contribution in [2.75, 3.05) is 26.2 Å². The number of carbonyl (C=O) groups is 1. The predicted octanol–water partition coefficient (Wildman–Crippen LogP) is 0.394. The van der Waals surface area contributed by atoms with Crippen molar-refractivity contribution in [3.05, 3.63) is 59.3 Å². The molecule has 9 heteroatoms. The van der Waals surface area contributed by atoms with Gasteiger partial charge in [-0.3, -0.25) is 9.48 Å². The number of aryl methyl sites for hydroxylation is 1. The summed E-state index contributed by atoms with van der Waals surface area (Å²) in [6.07, 6.45) is 9.60. The Morgan fingerprint density at radius 3 is 2.83 bits per heavy atom. The molecular formula is C20H26ClN7O+2. The third kappa shape index (κ3) is 4.65. The topological polar surface area (TPSA) is 75.1 Å². The van der Waals surface area contributed by atoms with E-state index in [1.165, 1.54) is 25.9 Å². The molecule has 1 aliphatic heterocycles. The fraction of sp³-hybridized carbons (Fsp3) is 0.400. The summed E-state index contributed by atoms with van der Waals surface area (Å²) in [5, 5.41) is 8.04. The van der Waals surface area contributed by atoms with Crippen LogP contribution < -0.4 is 9.58 Å². The van der Waals surface area contributed by atoms with E-state index in [0.717, 1.165) is 12.4 Å². The van der Waals surface area contributed by atoms with E-state index < -0.39 is 0 Å². The van der Waals surface area contributed by atoms with E-state index in [2.05, 4.69) is 15.2 Å². The second kappa shape index (κ2) is 8.75. The quantitative estimate of drug-likeness (QED) is 0.548. The summed E-state index contributed by atoms with van der Waals surface area (Å²) in [4.78, 5) is 21.1. The number of pyridine rings is 1. The zero-order valence-electron chi connectivity index (χ0n) is 16.5. The van der Waals surface area contributed by atoms with Gasteiger partial charge in [-0.25, -0.2) is 5.10 Å². The highest BCUT2D eigenvalue weighted by Gasteiger charge is 2.24. The number of carbonyl (C=O) groups excluding carboxylic acids is 1. The maximum atomic E-state index is 13.3. The molecular weight excluding hydrogens is 390 g/mol. The minimum Gasteiger partial charge on any atom is -0.333 e. The van der Waals surface area contributed by atoms with Gasteiger partial charge in [0.15, 0.2) is 6.20 Å². The Morgan fingerprint density at radius 2 is 2.21 bits per heavy atom. The van der Waals surface area contributed by atoms with Gasteiger partial charge >= 0.3 is 5.82 Å². The normalized spacial score (nSPS) is 14.4. The first-order valence-corrected chi connectivity index (χ1v) is 10.3. The van der Waals surface area contributed by atoms with Crippen LogP contribution >= 0.6 is 11.6 Å². The Morgan fingerprint density at radius 1 is 1.38 bits per heavy atom. The molecule has 2 N–H and O–H groups in total. The zero-order valence-corrected chi connectivity index (χ0v) is 17.3. The first kappa shape index (κ1) is 19.6. The highest BCUT2D eigenvalue weighted by molar-refractivity contribution is 6.31. The van der Waals surface area contributed by atoms with Gasteiger partial charge in [-0.15, -0.1) is 4.68 Å². The van der Waals surface area contributed by atoms with Crippen molar-refractivity contribution in [2.24, 2.45) is 7.05 Å². The minimum absolute atomic E-state index is 0.0548. The molecule has 29 heavy (non-hydrogen) atoms. The SMILES string of the molecule is Cn1cc(Cl)c(CN(CC[NH+]2CCCC2)C(=O)c2ccc(-[n+]3ccc[nH]3)nc2)n1. The van der Waals surface area contributed by atoms with Crippen LogP contribution in [-0.2, 0) is 13.6 Å². The standard InChI is InChI=1S/C20H24ClN7O/c1-25-14-17(21)18(24-25)15-27(12-11-26-8-2-3-9-26)20(29)16-5-6-19(22-13-16)28-10-4-7-23-28/h4-7,10,13-14H,2-3,8-9,11-12,15H2,1H3/p+2. The van der Waals surface area contributed by atoms with Crippen LogP contribution in [0.5, 0.6) is 0 Å². The number of H-pyrrole nitrogens is 1. The van der Waals surface area contributed by atoms with Gasteiger partial charge in [-0.1, -0.05) is 11.6 Å². The van der Waals surface area contributed by atoms with Crippen molar-refractivity contribution >= 4 is 17.5 Å². The average Bonchev–Trinajstić information content (AvgIpc) is 3.48. The Hall–Kier alpha value is -2.71. The van der Waals surface area contributed by atoms with Gasteiger partial charge in [0.25, 0.3) is 5.91 Å². The largest absolute Gasteiger partial charge is 0.346 e. The fourth-order valence-corrected chi connectivity index (χ4v) is 3.98. The molecule has 0 atom stereocenters. The number of rotatable bonds is 7. The summed E-state index contributed by atoms with van der Waals surface area (Å²) in [5.74, 6) is 0.674. The third-order valence-corrected chi connectivity index (χ3v) is 5.63. The van der Waals surface area contributed by atoms with E-state index >= 15 is 0 Å². The highest BCUT2D eigenvalue weighted by Crippen LogP contribution is 2.17. The molecule has 0 unspecified atom stereocenters. The summed E-state index contributed by atoms with van der Waals surface area (Å²) in [7, 11) is 1.83. The number of quaternary nitrogens is 1. The molecule has 0 saturated carbocycles. The van der Waals surface area contributed by atoms with Crippen molar-refractivity contribution in [1.29, 1.82) is 0 Å². The minimum atomic E-state index is -0.0548. The lowest BCUT2D eigenvalue weighted by Crippen LogP contribution is -3.10. The molecule has 0 aliphatic carbocycles. The number of hydrogen-bond acceptors (Lipinski definition) is 3. The van der Waals surface area contributed by atoms with Crippen LogP contribution in [0.1, 0.15) is 28.9 Å². The summed E-state index contributed by atoms with van der Waals surface area (Å²) < 4.78 is 3.46. The number of aromatic amines is 1. The molecule has 1 amide bonds. The summed E-state index contributed by atoms with van der Waals surface area (Å²) >= 11 is 6.30. The molecule has 3 aromatic heterocycles. The van der Waals surface area contributed by atoms with E-state index in [9.17, 15) is 4.79 Å². The highest BCUT2D eigenvalue weighted by atomic mass is 35.5. The summed E-state index contributed by atoms with van der Waals surface area (Å²) in [5.41, 5.74) is 1.27. The zero-order chi connectivity index (χ0) is 20.2. The van der Waals surface area contributed by atoms with Crippen LogP contribution in [0.4, 0.5) is 0 Å². The molecule has 4 rings (SSSR count). The molecule has 0 spiro atoms. The summed E-state index contributed by atoms with van der Waals surface area (Å²) in [6, 6.07) is 5.54. The van der Waals surface area contributed by atoms with Gasteiger partial charge in [-0.2, -0.15) is 5.10 Å². The Kier molecular flexibility index (Phi) is 5.92. The van der Waals surface area contributed by atoms with Gasteiger partial charge in [0.2, 0.25) is 0 Å². The molecule has 1 fully saturated rings. The second-order valence-electron chi connectivity index (χ2n) is 7.44. The van der Waals surface area contributed by atoms with E-state index in [1.54, 1.807) is 26.7 Å². The lowest BCUT2D eigenvalue weighted by atomic mass is 10.2. The van der Waals surface area contributed by atoms with Crippen molar-refractivity contribution in [3.63, 3.8) is 0 Å². The van der Waals surface area contributed by atoms with E-state index in [1.807, 2.05) is 42.5 Å². The molecule has 1 saturated heterocycles. The Labute approximate surface area is 174 Å². The molecule has 4 heterocycles. The maximum Gasteiger partial charge on any atom is 0.346 e. The van der Waals surface area contributed by atoms with Crippen molar-refractivity contribution in [3.8, 4) is 5.82 Å². The molecule has 3 aromatic rings. The number of nitrogens with one attached hydrogen (secondary N) is 2. The van der Waals surface area contributed by atoms with E-state index in [4.69, 9.17) is 11.6 Å². The Bertz CT molecular complexity index is 946. The van der Waals surface area contributed by atoms with E-state index in [0.29, 0.717) is 29.4 Å². The van der Waals surface area contributed by atoms with Crippen LogP contribution in [-0.4, -0.2) is 56.8 Å². The molecule has 0 radical (unpaired) electrons. The van der Waals surface area contributed by atoms with Crippen molar-refractivity contribution in [2.45, 2.75) is 19.4 Å². The van der Waals surface area contributed by atoms with Gasteiger partial charge in [0, 0.05) is 38.3 Å².